The third-order valence-corrected chi connectivity index (χ3v) is 0. The van der Waals surface area contributed by atoms with Crippen LogP contribution in [0.5, 0.6) is 0 Å². The van der Waals surface area contributed by atoms with Crippen molar-refractivity contribution >= 4 is 566 Å². The fourth-order valence-electron chi connectivity index (χ4n) is 0. The molecular formula is H38Ca15N8O24. The summed E-state index contributed by atoms with van der Waals surface area (Å²) >= 11 is 0. The fraction of sp³-hybridized carbons (Fsp3) is 0. The second-order valence-corrected chi connectivity index (χ2v) is 1.90. The Bertz CT molecular complexity index is 397. The Hall–Kier alpha value is 12.5. The van der Waals surface area contributed by atoms with E-state index < -0.39 is 40.7 Å². The van der Waals surface area contributed by atoms with Crippen molar-refractivity contribution in [2.75, 3.05) is 0 Å². The molecule has 0 aromatic rings. The quantitative estimate of drug-likeness (QED) is 0.0634. The van der Waals surface area contributed by atoms with Crippen molar-refractivity contribution in [2.45, 2.75) is 0 Å². The van der Waals surface area contributed by atoms with Crippen LogP contribution >= 0.6 is 0 Å². The van der Waals surface area contributed by atoms with Gasteiger partial charge in [0.05, 0.1) is 0 Å². The Morgan fingerprint density at radius 3 is 0.191 bits per heavy atom. The minimum absolute atomic E-state index is 0. The standard InChI is InChI=1S/15Ca.8HNO3.30H/c;;;;;;;;;;;;;;;8*2-1(3)4;;;;;;;;;;;;;;;;;;;;;;;;;;;;;;/h;;;;;;;;;;;;;;;8*(H,2,3,4);;;;;;;;;;;;;;;;;;;;;;;;;;;;;;. The van der Waals surface area contributed by atoms with E-state index in [1.165, 1.54) is 0 Å². The molecular weight excluding hydrogens is 1100 g/mol. The predicted molar refractivity (Wildman–Crippen MR) is 198 cm³/mol. The summed E-state index contributed by atoms with van der Waals surface area (Å²) in [5, 5.41) is 109. The van der Waals surface area contributed by atoms with Crippen molar-refractivity contribution in [3.8, 4) is 0 Å². The minimum atomic E-state index is -1.50. The van der Waals surface area contributed by atoms with Gasteiger partial charge in [0.2, 0.25) is 0 Å². The molecule has 0 fully saturated rings. The normalized spacial score (nSPS) is 4.09. The van der Waals surface area contributed by atoms with Gasteiger partial charge in [-0.3, -0.25) is 0 Å². The number of nitrogens with zero attached hydrogens (tertiary/aromatic N) is 8. The van der Waals surface area contributed by atoms with Crippen molar-refractivity contribution in [1.82, 2.24) is 0 Å². The van der Waals surface area contributed by atoms with Gasteiger partial charge in [-0.15, -0.1) is 80.9 Å². The second kappa shape index (κ2) is 145. The van der Waals surface area contributed by atoms with E-state index >= 15 is 0 Å². The summed E-state index contributed by atoms with van der Waals surface area (Å²) in [7, 11) is 0. The molecule has 32 nitrogen and oxygen atoms in total. The SMILES string of the molecule is O=[N+]([O-])O.O=[N+]([O-])O.O=[N+]([O-])O.O=[N+]([O-])O.O=[N+]([O-])O.O=[N+]([O-])O.O=[N+]([O-])O.O=[N+]([O-])O.[CaH2].[CaH2].[CaH2].[CaH2].[CaH2].[CaH2].[CaH2].[CaH2].[CaH2].[CaH2].[CaH2].[CaH2].[CaH2].[CaH2].[CaH2]. The fourth-order valence-corrected chi connectivity index (χ4v) is 0. The summed E-state index contributed by atoms with van der Waals surface area (Å²) < 4.78 is 0. The van der Waals surface area contributed by atoms with Crippen LogP contribution in [-0.4, -0.2) is 648 Å². The molecule has 0 aromatic carbocycles. The zero-order valence-corrected chi connectivity index (χ0v) is 13.7. The molecule has 0 rings (SSSR count). The summed E-state index contributed by atoms with van der Waals surface area (Å²) in [6.45, 7) is 0. The van der Waals surface area contributed by atoms with Gasteiger partial charge in [-0.1, -0.05) is 0 Å². The summed E-state index contributed by atoms with van der Waals surface area (Å²) in [4.78, 5) is 66.9. The van der Waals surface area contributed by atoms with Crippen LogP contribution in [-0.2, 0) is 0 Å². The molecule has 252 valence electrons. The Labute approximate surface area is 706 Å². The van der Waals surface area contributed by atoms with E-state index in [0.717, 1.165) is 0 Å². The first-order valence-electron chi connectivity index (χ1n) is 4.52. The molecule has 0 spiro atoms. The zero-order chi connectivity index (χ0) is 28.6. The maximum absolute atomic E-state index is 8.36. The van der Waals surface area contributed by atoms with E-state index in [-0.39, 0.29) is 566 Å². The Morgan fingerprint density at radius 2 is 0.191 bits per heavy atom. The van der Waals surface area contributed by atoms with Crippen molar-refractivity contribution in [2.24, 2.45) is 0 Å². The maximum atomic E-state index is 8.36. The molecule has 47 heavy (non-hydrogen) atoms. The number of hydrogen-bond acceptors (Lipinski definition) is 16. The molecule has 0 saturated heterocycles. The molecule has 0 aliphatic carbocycles. The van der Waals surface area contributed by atoms with Crippen LogP contribution in [0.15, 0.2) is 0 Å². The first-order valence-corrected chi connectivity index (χ1v) is 4.52. The Balaban J connectivity index is -0.00000000638. The zero-order valence-electron chi connectivity index (χ0n) is 13.7. The average molecular weight is 1140 g/mol. The van der Waals surface area contributed by atoms with E-state index in [9.17, 15) is 0 Å². The van der Waals surface area contributed by atoms with E-state index in [4.69, 9.17) is 123 Å². The third kappa shape index (κ3) is 1200. The van der Waals surface area contributed by atoms with Crippen LogP contribution in [0.1, 0.15) is 0 Å². The van der Waals surface area contributed by atoms with Crippen LogP contribution in [0.4, 0.5) is 0 Å². The van der Waals surface area contributed by atoms with Gasteiger partial charge in [0.1, 0.15) is 0 Å². The van der Waals surface area contributed by atoms with Gasteiger partial charge in [0.25, 0.3) is 40.7 Å². The molecule has 0 bridgehead atoms. The van der Waals surface area contributed by atoms with Gasteiger partial charge >= 0.3 is 566 Å². The van der Waals surface area contributed by atoms with Gasteiger partial charge in [0, 0.05) is 0 Å². The molecule has 8 N–H and O–H groups in total. The molecule has 0 aromatic heterocycles. The first kappa shape index (κ1) is 153. The van der Waals surface area contributed by atoms with Gasteiger partial charge < -0.3 is 41.7 Å². The van der Waals surface area contributed by atoms with Crippen molar-refractivity contribution in [3.05, 3.63) is 80.9 Å². The van der Waals surface area contributed by atoms with Crippen LogP contribution in [0.25, 0.3) is 0 Å². The van der Waals surface area contributed by atoms with Gasteiger partial charge in [-0.05, 0) is 0 Å². The van der Waals surface area contributed by atoms with E-state index in [0.29, 0.717) is 0 Å². The summed E-state index contributed by atoms with van der Waals surface area (Å²) in [5.41, 5.74) is 0. The first-order chi connectivity index (χ1) is 13.9. The molecule has 0 amide bonds. The molecule has 0 aliphatic heterocycles. The van der Waals surface area contributed by atoms with Gasteiger partial charge in [-0.2, -0.15) is 0 Å². The Kier molecular flexibility index (Phi) is 472. The van der Waals surface area contributed by atoms with Crippen LogP contribution in [0.2, 0.25) is 0 Å². The molecule has 0 heterocycles. The summed E-state index contributed by atoms with van der Waals surface area (Å²) in [6, 6.07) is 0. The predicted octanol–water partition coefficient (Wildman–Crippen LogP) is -16.5. The third-order valence-electron chi connectivity index (χ3n) is 0. The van der Waals surface area contributed by atoms with E-state index in [1.807, 2.05) is 0 Å². The van der Waals surface area contributed by atoms with Crippen LogP contribution < -0.4 is 0 Å². The number of hydrogen-bond donors (Lipinski definition) is 8. The summed E-state index contributed by atoms with van der Waals surface area (Å²) in [6.07, 6.45) is 0. The van der Waals surface area contributed by atoms with Crippen LogP contribution in [0.3, 0.4) is 0 Å². The molecule has 0 saturated carbocycles. The van der Waals surface area contributed by atoms with Crippen LogP contribution in [0, 0.1) is 80.9 Å². The van der Waals surface area contributed by atoms with Crippen molar-refractivity contribution in [1.29, 1.82) is 0 Å². The molecule has 47 heteroatoms. The molecule has 0 aliphatic rings. The second-order valence-electron chi connectivity index (χ2n) is 1.90. The molecule has 0 unspecified atom stereocenters. The molecule has 0 radical (unpaired) electrons. The Morgan fingerprint density at radius 1 is 0.191 bits per heavy atom. The van der Waals surface area contributed by atoms with Gasteiger partial charge in [0.15, 0.2) is 0 Å². The van der Waals surface area contributed by atoms with Gasteiger partial charge in [-0.25, -0.2) is 0 Å². The van der Waals surface area contributed by atoms with Crippen molar-refractivity contribution < 1.29 is 82.4 Å². The summed E-state index contributed by atoms with van der Waals surface area (Å²) in [5.74, 6) is 0. The van der Waals surface area contributed by atoms with E-state index in [2.05, 4.69) is 0 Å². The topological polar surface area (TPSA) is 507 Å². The number of rotatable bonds is 0. The average Bonchev–Trinajstić information content (AvgIpc) is 2.30. The van der Waals surface area contributed by atoms with E-state index in [1.54, 1.807) is 0 Å². The monoisotopic (exact) mass is 1130 g/mol. The van der Waals surface area contributed by atoms with Crippen molar-refractivity contribution in [3.63, 3.8) is 0 Å². The molecule has 0 atom stereocenters.